The minimum absolute atomic E-state index is 0.0219. The molecule has 0 fully saturated rings. The average molecular weight is 307 g/mol. The number of amides is 2. The number of primary amides is 1. The Morgan fingerprint density at radius 3 is 2.57 bits per heavy atom. The highest BCUT2D eigenvalue weighted by Gasteiger charge is 2.32. The molecule has 8 heteroatoms. The summed E-state index contributed by atoms with van der Waals surface area (Å²) in [5.41, 5.74) is 10.8. The summed E-state index contributed by atoms with van der Waals surface area (Å²) in [7, 11) is 1.40. The van der Waals surface area contributed by atoms with Gasteiger partial charge >= 0.3 is 0 Å². The van der Waals surface area contributed by atoms with Gasteiger partial charge in [-0.2, -0.15) is 0 Å². The number of pyridine rings is 1. The van der Waals surface area contributed by atoms with Crippen LogP contribution in [0.5, 0.6) is 0 Å². The van der Waals surface area contributed by atoms with Crippen LogP contribution in [-0.2, 0) is 4.79 Å². The Labute approximate surface area is 124 Å². The molecule has 0 aliphatic heterocycles. The van der Waals surface area contributed by atoms with Crippen LogP contribution in [0.1, 0.15) is 32.1 Å². The second-order valence-corrected chi connectivity index (χ2v) is 4.64. The van der Waals surface area contributed by atoms with Gasteiger partial charge in [-0.25, -0.2) is 4.98 Å². The maximum Gasteiger partial charge on any atom is 0.267 e. The average Bonchev–Trinajstić information content (AvgIpc) is 2.48. The van der Waals surface area contributed by atoms with Gasteiger partial charge in [-0.3, -0.25) is 14.4 Å². The van der Waals surface area contributed by atoms with E-state index in [1.54, 1.807) is 0 Å². The molecule has 5 N–H and O–H groups in total. The molecular formula is C13H11ClN4O3. The number of halogens is 1. The van der Waals surface area contributed by atoms with E-state index in [1.807, 2.05) is 0 Å². The van der Waals surface area contributed by atoms with E-state index in [2.05, 4.69) is 16.9 Å². The van der Waals surface area contributed by atoms with Gasteiger partial charge < -0.3 is 16.8 Å². The Morgan fingerprint density at radius 1 is 1.43 bits per heavy atom. The van der Waals surface area contributed by atoms with E-state index in [0.717, 1.165) is 0 Å². The van der Waals surface area contributed by atoms with Crippen molar-refractivity contribution in [2.24, 2.45) is 11.5 Å². The molecule has 0 radical (unpaired) electrons. The van der Waals surface area contributed by atoms with Crippen LogP contribution in [0.4, 0.5) is 0 Å². The van der Waals surface area contributed by atoms with Crippen molar-refractivity contribution in [3.8, 4) is 0 Å². The number of aromatic nitrogens is 1. The molecule has 1 aliphatic rings. The van der Waals surface area contributed by atoms with Crippen molar-refractivity contribution in [3.05, 3.63) is 40.2 Å². The number of hydrogen-bond donors (Lipinski definition) is 3. The van der Waals surface area contributed by atoms with E-state index >= 15 is 0 Å². The highest BCUT2D eigenvalue weighted by Crippen LogP contribution is 2.35. The lowest BCUT2D eigenvalue weighted by Crippen LogP contribution is -2.27. The molecule has 0 aromatic carbocycles. The van der Waals surface area contributed by atoms with Crippen LogP contribution in [-0.4, -0.2) is 29.6 Å². The van der Waals surface area contributed by atoms with Crippen molar-refractivity contribution in [1.82, 2.24) is 10.3 Å². The van der Waals surface area contributed by atoms with Crippen molar-refractivity contribution < 1.29 is 14.4 Å². The Kier molecular flexibility index (Phi) is 3.52. The number of nitrogens with one attached hydrogen (secondary N) is 1. The normalized spacial score (nSPS) is 14.0. The van der Waals surface area contributed by atoms with Crippen LogP contribution in [0.2, 0.25) is 0 Å². The third-order valence-corrected chi connectivity index (χ3v) is 3.39. The SMILES string of the molecule is C=C1C(=O)C(Cl)=C(N)c2nc(C(N)=O)cc(C(=O)NC)c21. The standard InChI is InChI=1S/C13H11ClN4O3/c1-4-7-5(13(21)17-2)3-6(12(16)20)18-10(7)9(15)8(14)11(4)19/h3H,1,15H2,2H3,(H2,16,20)(H,17,21). The first-order valence-corrected chi connectivity index (χ1v) is 6.13. The fraction of sp³-hybridized carbons (Fsp3) is 0.0769. The maximum atomic E-state index is 12.0. The number of hydrogen-bond acceptors (Lipinski definition) is 5. The number of nitrogens with two attached hydrogens (primary N) is 2. The summed E-state index contributed by atoms with van der Waals surface area (Å²) in [6, 6.07) is 1.19. The molecule has 1 heterocycles. The lowest BCUT2D eigenvalue weighted by molar-refractivity contribution is -0.110. The number of carbonyl (C=O) groups excluding carboxylic acids is 3. The minimum atomic E-state index is -0.839. The third-order valence-electron chi connectivity index (χ3n) is 3.01. The smallest absolute Gasteiger partial charge is 0.267 e. The summed E-state index contributed by atoms with van der Waals surface area (Å²) in [5.74, 6) is -1.97. The number of carbonyl (C=O) groups is 3. The highest BCUT2D eigenvalue weighted by atomic mass is 35.5. The Morgan fingerprint density at radius 2 is 2.05 bits per heavy atom. The van der Waals surface area contributed by atoms with Gasteiger partial charge in [0.25, 0.3) is 11.8 Å². The van der Waals surface area contributed by atoms with Gasteiger partial charge in [0.15, 0.2) is 0 Å². The fourth-order valence-corrected chi connectivity index (χ4v) is 2.16. The van der Waals surface area contributed by atoms with Crippen molar-refractivity contribution in [2.45, 2.75) is 0 Å². The highest BCUT2D eigenvalue weighted by molar-refractivity contribution is 6.54. The van der Waals surface area contributed by atoms with Gasteiger partial charge in [-0.05, 0) is 6.07 Å². The number of ketones is 1. The van der Waals surface area contributed by atoms with Crippen molar-refractivity contribution in [2.75, 3.05) is 7.05 Å². The summed E-state index contributed by atoms with van der Waals surface area (Å²) in [5, 5.41) is 2.14. The molecule has 0 saturated heterocycles. The molecule has 0 bridgehead atoms. The summed E-state index contributed by atoms with van der Waals surface area (Å²) < 4.78 is 0. The van der Waals surface area contributed by atoms with Crippen molar-refractivity contribution >= 4 is 40.5 Å². The molecule has 2 amide bonds. The van der Waals surface area contributed by atoms with Crippen molar-refractivity contribution in [1.29, 1.82) is 0 Å². The summed E-state index contributed by atoms with van der Waals surface area (Å²) in [6.07, 6.45) is 0. The zero-order valence-corrected chi connectivity index (χ0v) is 11.7. The van der Waals surface area contributed by atoms with Gasteiger partial charge in [0.2, 0.25) is 5.78 Å². The summed E-state index contributed by atoms with van der Waals surface area (Å²) >= 11 is 5.83. The molecule has 2 rings (SSSR count). The van der Waals surface area contributed by atoms with E-state index in [1.165, 1.54) is 13.1 Å². The van der Waals surface area contributed by atoms with E-state index < -0.39 is 17.6 Å². The quantitative estimate of drug-likeness (QED) is 0.663. The van der Waals surface area contributed by atoms with E-state index in [9.17, 15) is 14.4 Å². The van der Waals surface area contributed by atoms with Gasteiger partial charge in [0.1, 0.15) is 10.7 Å². The summed E-state index contributed by atoms with van der Waals surface area (Å²) in [6.45, 7) is 3.61. The second kappa shape index (κ2) is 5.02. The van der Waals surface area contributed by atoms with Gasteiger partial charge in [-0.15, -0.1) is 0 Å². The molecule has 21 heavy (non-hydrogen) atoms. The third kappa shape index (κ3) is 2.17. The van der Waals surface area contributed by atoms with Gasteiger partial charge in [0.05, 0.1) is 17.0 Å². The molecule has 1 aromatic rings. The lowest BCUT2D eigenvalue weighted by atomic mass is 9.89. The van der Waals surface area contributed by atoms with Crippen LogP contribution >= 0.6 is 11.6 Å². The number of fused-ring (bicyclic) bond motifs is 1. The first-order chi connectivity index (χ1) is 9.79. The molecule has 0 unspecified atom stereocenters. The van der Waals surface area contributed by atoms with E-state index in [4.69, 9.17) is 23.1 Å². The second-order valence-electron chi connectivity index (χ2n) is 4.26. The molecule has 1 aliphatic carbocycles. The Hall–Kier alpha value is -2.67. The first kappa shape index (κ1) is 14.7. The monoisotopic (exact) mass is 306 g/mol. The minimum Gasteiger partial charge on any atom is -0.396 e. The molecule has 108 valence electrons. The molecular weight excluding hydrogens is 296 g/mol. The Bertz CT molecular complexity index is 752. The predicted octanol–water partition coefficient (Wildman–Crippen LogP) is 0.00210. The van der Waals surface area contributed by atoms with Crippen LogP contribution in [0.3, 0.4) is 0 Å². The number of nitrogens with zero attached hydrogens (tertiary/aromatic N) is 1. The van der Waals surface area contributed by atoms with E-state index in [-0.39, 0.29) is 38.8 Å². The zero-order valence-electron chi connectivity index (χ0n) is 11.0. The number of Topliss-reactive ketones (excluding diaryl/α,β-unsaturated/α-hetero) is 1. The molecule has 0 spiro atoms. The van der Waals surface area contributed by atoms with Crippen LogP contribution in [0, 0.1) is 0 Å². The van der Waals surface area contributed by atoms with Crippen LogP contribution in [0.15, 0.2) is 17.7 Å². The van der Waals surface area contributed by atoms with Crippen molar-refractivity contribution in [3.63, 3.8) is 0 Å². The lowest BCUT2D eigenvalue weighted by Gasteiger charge is -2.20. The van der Waals surface area contributed by atoms with Crippen LogP contribution in [0.25, 0.3) is 11.3 Å². The number of rotatable bonds is 2. The zero-order chi connectivity index (χ0) is 15.9. The fourth-order valence-electron chi connectivity index (χ4n) is 1.96. The number of allylic oxidation sites excluding steroid dienone is 2. The molecule has 0 atom stereocenters. The van der Waals surface area contributed by atoms with Crippen LogP contribution < -0.4 is 16.8 Å². The topological polar surface area (TPSA) is 128 Å². The largest absolute Gasteiger partial charge is 0.396 e. The molecule has 1 aromatic heterocycles. The van der Waals surface area contributed by atoms with Gasteiger partial charge in [-0.1, -0.05) is 18.2 Å². The molecule has 7 nitrogen and oxygen atoms in total. The predicted molar refractivity (Wildman–Crippen MR) is 77.1 cm³/mol. The van der Waals surface area contributed by atoms with E-state index in [0.29, 0.717) is 0 Å². The molecule has 0 saturated carbocycles. The van der Waals surface area contributed by atoms with Gasteiger partial charge in [0, 0.05) is 18.2 Å². The summed E-state index contributed by atoms with van der Waals surface area (Å²) in [4.78, 5) is 39.2. The first-order valence-electron chi connectivity index (χ1n) is 5.76. The maximum absolute atomic E-state index is 12.0. The Balaban J connectivity index is 2.90.